The number of nitrogens with zero attached hydrogens (tertiary/aromatic N) is 1. The van der Waals surface area contributed by atoms with Gasteiger partial charge in [-0.25, -0.2) is 13.1 Å². The van der Waals surface area contributed by atoms with Gasteiger partial charge in [-0.05, 0) is 62.7 Å². The van der Waals surface area contributed by atoms with Crippen LogP contribution in [0.4, 0.5) is 0 Å². The standard InChI is InChI=1S/C20H27BN2O3S/c1-20(2,16-9-10-17(12-21-3)22-13-16)23-27(24,25)19-6-4-5-18(11-19)26-14-15-7-8-15/h4-6,9-11,13,15,21,23H,7-8,12,14H2,1-3H3. The van der Waals surface area contributed by atoms with Crippen LogP contribution in [0.3, 0.4) is 0 Å². The van der Waals surface area contributed by atoms with Crippen LogP contribution < -0.4 is 9.46 Å². The quantitative estimate of drug-likeness (QED) is 0.673. The molecule has 2 aromatic rings. The zero-order chi connectivity index (χ0) is 19.5. The van der Waals surface area contributed by atoms with Crippen LogP contribution in [-0.4, -0.2) is 27.3 Å². The van der Waals surface area contributed by atoms with Crippen molar-refractivity contribution in [3.05, 3.63) is 53.9 Å². The fourth-order valence-electron chi connectivity index (χ4n) is 2.88. The smallest absolute Gasteiger partial charge is 0.241 e. The highest BCUT2D eigenvalue weighted by Crippen LogP contribution is 2.30. The summed E-state index contributed by atoms with van der Waals surface area (Å²) in [6.45, 7) is 6.44. The molecular formula is C20H27BN2O3S. The van der Waals surface area contributed by atoms with Crippen molar-refractivity contribution in [3.63, 3.8) is 0 Å². The second kappa shape index (κ2) is 8.03. The summed E-state index contributed by atoms with van der Waals surface area (Å²) >= 11 is 0. The molecule has 1 aromatic heterocycles. The zero-order valence-corrected chi connectivity index (χ0v) is 17.1. The Morgan fingerprint density at radius 2 is 2.04 bits per heavy atom. The Balaban J connectivity index is 1.74. The number of ether oxygens (including phenoxy) is 1. The molecule has 1 aliphatic carbocycles. The van der Waals surface area contributed by atoms with Gasteiger partial charge in [0.25, 0.3) is 0 Å². The van der Waals surface area contributed by atoms with Crippen LogP contribution >= 0.6 is 0 Å². The summed E-state index contributed by atoms with van der Waals surface area (Å²) in [5.74, 6) is 1.21. The number of nitrogens with one attached hydrogen (secondary N) is 1. The van der Waals surface area contributed by atoms with E-state index in [1.807, 2.05) is 26.0 Å². The van der Waals surface area contributed by atoms with E-state index in [1.54, 1.807) is 30.5 Å². The van der Waals surface area contributed by atoms with Crippen LogP contribution in [0, 0.1) is 5.92 Å². The molecule has 1 aliphatic rings. The fourth-order valence-corrected chi connectivity index (χ4v) is 4.32. The van der Waals surface area contributed by atoms with Gasteiger partial charge < -0.3 is 4.74 Å². The topological polar surface area (TPSA) is 68.3 Å². The lowest BCUT2D eigenvalue weighted by atomic mass is 9.76. The van der Waals surface area contributed by atoms with E-state index in [1.165, 1.54) is 12.8 Å². The molecule has 27 heavy (non-hydrogen) atoms. The first kappa shape index (κ1) is 19.9. The normalized spacial score (nSPS) is 14.8. The Bertz CT molecular complexity index is 878. The molecule has 0 amide bonds. The molecule has 0 spiro atoms. The molecule has 0 aliphatic heterocycles. The van der Waals surface area contributed by atoms with Gasteiger partial charge in [0, 0.05) is 18.0 Å². The lowest BCUT2D eigenvalue weighted by Crippen LogP contribution is -2.41. The summed E-state index contributed by atoms with van der Waals surface area (Å²) in [6.07, 6.45) is 5.06. The molecule has 144 valence electrons. The van der Waals surface area contributed by atoms with Crippen molar-refractivity contribution in [1.82, 2.24) is 9.71 Å². The number of hydrogen-bond acceptors (Lipinski definition) is 4. The average molecular weight is 386 g/mol. The van der Waals surface area contributed by atoms with E-state index in [-0.39, 0.29) is 4.90 Å². The van der Waals surface area contributed by atoms with Gasteiger partial charge in [-0.3, -0.25) is 4.98 Å². The monoisotopic (exact) mass is 386 g/mol. The Morgan fingerprint density at radius 3 is 2.67 bits per heavy atom. The minimum Gasteiger partial charge on any atom is -0.493 e. The molecule has 1 fully saturated rings. The van der Waals surface area contributed by atoms with Crippen LogP contribution in [0.5, 0.6) is 5.75 Å². The first-order valence-electron chi connectivity index (χ1n) is 9.52. The van der Waals surface area contributed by atoms with Crippen molar-refractivity contribution in [3.8, 4) is 5.75 Å². The van der Waals surface area contributed by atoms with E-state index in [2.05, 4.69) is 16.5 Å². The summed E-state index contributed by atoms with van der Waals surface area (Å²) in [7, 11) is -2.66. The SMILES string of the molecule is CBCc1ccc(C(C)(C)NS(=O)(=O)c2cccc(OCC3CC3)c2)cn1. The van der Waals surface area contributed by atoms with E-state index in [4.69, 9.17) is 4.74 Å². The predicted molar refractivity (Wildman–Crippen MR) is 109 cm³/mol. The molecule has 0 unspecified atom stereocenters. The summed E-state index contributed by atoms with van der Waals surface area (Å²) in [5, 5.41) is 0. The Morgan fingerprint density at radius 1 is 1.26 bits per heavy atom. The molecule has 1 saturated carbocycles. The third kappa shape index (κ3) is 5.33. The van der Waals surface area contributed by atoms with E-state index < -0.39 is 15.6 Å². The minimum atomic E-state index is -3.69. The highest BCUT2D eigenvalue weighted by molar-refractivity contribution is 7.89. The van der Waals surface area contributed by atoms with E-state index >= 15 is 0 Å². The first-order valence-corrected chi connectivity index (χ1v) is 11.0. The molecule has 7 heteroatoms. The maximum absolute atomic E-state index is 12.9. The van der Waals surface area contributed by atoms with Gasteiger partial charge in [0.2, 0.25) is 10.0 Å². The van der Waals surface area contributed by atoms with Crippen LogP contribution in [0.15, 0.2) is 47.5 Å². The van der Waals surface area contributed by atoms with Crippen LogP contribution in [-0.2, 0) is 21.9 Å². The van der Waals surface area contributed by atoms with E-state index in [0.717, 1.165) is 24.9 Å². The second-order valence-electron chi connectivity index (χ2n) is 7.75. The summed E-state index contributed by atoms with van der Waals surface area (Å²) in [4.78, 5) is 4.65. The van der Waals surface area contributed by atoms with Crippen LogP contribution in [0.2, 0.25) is 6.82 Å². The number of hydrogen-bond donors (Lipinski definition) is 1. The Labute approximate surface area is 162 Å². The Hall–Kier alpha value is -1.86. The molecule has 1 aromatic carbocycles. The molecule has 0 saturated heterocycles. The maximum Gasteiger partial charge on any atom is 0.241 e. The molecule has 0 bridgehead atoms. The molecule has 1 heterocycles. The molecule has 3 rings (SSSR count). The fraction of sp³-hybridized carbons (Fsp3) is 0.450. The van der Waals surface area contributed by atoms with Crippen molar-refractivity contribution in [2.24, 2.45) is 5.92 Å². The lowest BCUT2D eigenvalue weighted by Gasteiger charge is -2.26. The van der Waals surface area contributed by atoms with Crippen molar-refractivity contribution in [1.29, 1.82) is 0 Å². The second-order valence-corrected chi connectivity index (χ2v) is 9.43. The third-order valence-corrected chi connectivity index (χ3v) is 6.39. The van der Waals surface area contributed by atoms with Crippen molar-refractivity contribution in [2.75, 3.05) is 6.61 Å². The Kier molecular flexibility index (Phi) is 5.91. The summed E-state index contributed by atoms with van der Waals surface area (Å²) in [5.41, 5.74) is 1.06. The number of sulfonamides is 1. The molecule has 1 N–H and O–H groups in total. The van der Waals surface area contributed by atoms with Crippen LogP contribution in [0.25, 0.3) is 0 Å². The van der Waals surface area contributed by atoms with Crippen molar-refractivity contribution >= 4 is 17.3 Å². The molecular weight excluding hydrogens is 359 g/mol. The largest absolute Gasteiger partial charge is 0.493 e. The van der Waals surface area contributed by atoms with E-state index in [0.29, 0.717) is 18.3 Å². The number of aromatic nitrogens is 1. The molecule has 0 atom stereocenters. The number of rotatable bonds is 9. The van der Waals surface area contributed by atoms with Gasteiger partial charge in [0.15, 0.2) is 0 Å². The highest BCUT2D eigenvalue weighted by atomic mass is 32.2. The van der Waals surface area contributed by atoms with Gasteiger partial charge in [0.1, 0.15) is 13.0 Å². The maximum atomic E-state index is 12.9. The van der Waals surface area contributed by atoms with Gasteiger partial charge >= 0.3 is 0 Å². The highest BCUT2D eigenvalue weighted by Gasteiger charge is 2.29. The average Bonchev–Trinajstić information content (AvgIpc) is 3.45. The number of pyridine rings is 1. The minimum absolute atomic E-state index is 0.208. The summed E-state index contributed by atoms with van der Waals surface area (Å²) in [6, 6.07) is 10.6. The molecule has 5 nitrogen and oxygen atoms in total. The zero-order valence-electron chi connectivity index (χ0n) is 16.2. The predicted octanol–water partition coefficient (Wildman–Crippen LogP) is 3.07. The molecule has 0 radical (unpaired) electrons. The van der Waals surface area contributed by atoms with Crippen molar-refractivity contribution in [2.45, 2.75) is 50.3 Å². The summed E-state index contributed by atoms with van der Waals surface area (Å²) < 4.78 is 34.3. The number of benzene rings is 1. The van der Waals surface area contributed by atoms with Crippen molar-refractivity contribution < 1.29 is 13.2 Å². The van der Waals surface area contributed by atoms with Gasteiger partial charge in [-0.1, -0.05) is 19.0 Å². The lowest BCUT2D eigenvalue weighted by molar-refractivity contribution is 0.299. The van der Waals surface area contributed by atoms with E-state index in [9.17, 15) is 8.42 Å². The van der Waals surface area contributed by atoms with Gasteiger partial charge in [-0.15, -0.1) is 0 Å². The van der Waals surface area contributed by atoms with Gasteiger partial charge in [-0.2, -0.15) is 0 Å². The third-order valence-electron chi connectivity index (χ3n) is 4.74. The van der Waals surface area contributed by atoms with Crippen LogP contribution in [0.1, 0.15) is 37.9 Å². The first-order chi connectivity index (χ1) is 12.8. The van der Waals surface area contributed by atoms with Gasteiger partial charge in [0.05, 0.1) is 17.0 Å².